The van der Waals surface area contributed by atoms with E-state index in [4.69, 9.17) is 10.00 Å². The number of hydrogen-bond acceptors (Lipinski definition) is 2. The molecule has 0 fully saturated rings. The third-order valence-electron chi connectivity index (χ3n) is 2.09. The first-order chi connectivity index (χ1) is 7.15. The van der Waals surface area contributed by atoms with Crippen LogP contribution in [0, 0.1) is 17.1 Å². The fourth-order valence-electron chi connectivity index (χ4n) is 1.20. The van der Waals surface area contributed by atoms with Crippen molar-refractivity contribution >= 4 is 0 Å². The van der Waals surface area contributed by atoms with Crippen LogP contribution in [-0.4, -0.2) is 6.61 Å². The Kier molecular flexibility index (Phi) is 4.11. The minimum Gasteiger partial charge on any atom is -0.489 e. The molecule has 0 bridgehead atoms. The van der Waals surface area contributed by atoms with Gasteiger partial charge >= 0.3 is 0 Å². The molecule has 0 N–H and O–H groups in total. The van der Waals surface area contributed by atoms with Crippen molar-refractivity contribution in [1.82, 2.24) is 0 Å². The Morgan fingerprint density at radius 2 is 2.20 bits per heavy atom. The van der Waals surface area contributed by atoms with E-state index < -0.39 is 0 Å². The van der Waals surface area contributed by atoms with E-state index in [1.165, 1.54) is 6.07 Å². The van der Waals surface area contributed by atoms with Crippen molar-refractivity contribution in [3.05, 3.63) is 29.6 Å². The number of ether oxygens (including phenoxy) is 1. The number of nitrogens with zero attached hydrogens (tertiary/aromatic N) is 1. The van der Waals surface area contributed by atoms with Crippen LogP contribution in [0.4, 0.5) is 4.39 Å². The van der Waals surface area contributed by atoms with Gasteiger partial charge in [0.05, 0.1) is 12.5 Å². The van der Waals surface area contributed by atoms with Crippen molar-refractivity contribution in [2.75, 3.05) is 6.61 Å². The monoisotopic (exact) mass is 207 g/mol. The standard InChI is InChI=1S/C12H14FNO/c1-9(2)10-4-5-11(13)12(8-10)15-7-3-6-14/h4-5,8-9H,3,7H2,1-2H3. The number of rotatable bonds is 4. The Balaban J connectivity index is 2.77. The summed E-state index contributed by atoms with van der Waals surface area (Å²) >= 11 is 0. The first kappa shape index (κ1) is 11.5. The van der Waals surface area contributed by atoms with Gasteiger partial charge in [0.2, 0.25) is 0 Å². The zero-order valence-electron chi connectivity index (χ0n) is 8.96. The zero-order valence-corrected chi connectivity index (χ0v) is 8.96. The van der Waals surface area contributed by atoms with Crippen LogP contribution in [0.1, 0.15) is 31.7 Å². The molecule has 3 heteroatoms. The van der Waals surface area contributed by atoms with Crippen LogP contribution in [0.25, 0.3) is 0 Å². The smallest absolute Gasteiger partial charge is 0.165 e. The van der Waals surface area contributed by atoms with E-state index in [0.717, 1.165) is 5.56 Å². The normalized spacial score (nSPS) is 10.1. The van der Waals surface area contributed by atoms with E-state index >= 15 is 0 Å². The van der Waals surface area contributed by atoms with Gasteiger partial charge in [-0.05, 0) is 23.6 Å². The summed E-state index contributed by atoms with van der Waals surface area (Å²) in [5, 5.41) is 8.33. The molecule has 0 heterocycles. The lowest BCUT2D eigenvalue weighted by Crippen LogP contribution is -1.99. The maximum atomic E-state index is 13.3. The van der Waals surface area contributed by atoms with Gasteiger partial charge in [0, 0.05) is 0 Å². The summed E-state index contributed by atoms with van der Waals surface area (Å²) in [5.74, 6) is 0.192. The predicted octanol–water partition coefficient (Wildman–Crippen LogP) is 3.24. The summed E-state index contributed by atoms with van der Waals surface area (Å²) in [6, 6.07) is 6.79. The van der Waals surface area contributed by atoms with Crippen molar-refractivity contribution in [3.63, 3.8) is 0 Å². The Bertz CT molecular complexity index is 368. The lowest BCUT2D eigenvalue weighted by molar-refractivity contribution is 0.309. The molecule has 1 rings (SSSR count). The molecule has 0 saturated heterocycles. The Morgan fingerprint density at radius 1 is 1.47 bits per heavy atom. The second kappa shape index (κ2) is 5.35. The Hall–Kier alpha value is -1.56. The molecule has 0 aliphatic rings. The van der Waals surface area contributed by atoms with Gasteiger partial charge in [-0.25, -0.2) is 4.39 Å². The molecule has 0 spiro atoms. The molecule has 0 saturated carbocycles. The molecule has 0 aliphatic heterocycles. The molecule has 0 aliphatic carbocycles. The average Bonchev–Trinajstić information content (AvgIpc) is 2.20. The van der Waals surface area contributed by atoms with E-state index in [2.05, 4.69) is 0 Å². The van der Waals surface area contributed by atoms with Crippen LogP contribution in [-0.2, 0) is 0 Å². The second-order valence-corrected chi connectivity index (χ2v) is 3.60. The average molecular weight is 207 g/mol. The third kappa shape index (κ3) is 3.25. The van der Waals surface area contributed by atoms with E-state index in [1.54, 1.807) is 12.1 Å². The van der Waals surface area contributed by atoms with Crippen molar-refractivity contribution in [3.8, 4) is 11.8 Å². The highest BCUT2D eigenvalue weighted by atomic mass is 19.1. The highest BCUT2D eigenvalue weighted by molar-refractivity contribution is 5.31. The molecule has 0 unspecified atom stereocenters. The maximum absolute atomic E-state index is 13.3. The molecule has 0 aromatic heterocycles. The number of benzene rings is 1. The molecular formula is C12H14FNO. The van der Waals surface area contributed by atoms with E-state index in [0.29, 0.717) is 5.92 Å². The van der Waals surface area contributed by atoms with Crippen molar-refractivity contribution in [2.24, 2.45) is 0 Å². The van der Waals surface area contributed by atoms with Gasteiger partial charge in [-0.3, -0.25) is 0 Å². The van der Waals surface area contributed by atoms with Gasteiger partial charge < -0.3 is 4.74 Å². The number of nitriles is 1. The molecule has 0 atom stereocenters. The topological polar surface area (TPSA) is 33.0 Å². The van der Waals surface area contributed by atoms with Crippen molar-refractivity contribution in [1.29, 1.82) is 5.26 Å². The SMILES string of the molecule is CC(C)c1ccc(F)c(OCCC#N)c1. The first-order valence-corrected chi connectivity index (χ1v) is 4.94. The molecule has 1 aromatic carbocycles. The van der Waals surface area contributed by atoms with Gasteiger partial charge in [0.25, 0.3) is 0 Å². The molecule has 0 amide bonds. The summed E-state index contributed by atoms with van der Waals surface area (Å²) in [4.78, 5) is 0. The Labute approximate surface area is 89.3 Å². The second-order valence-electron chi connectivity index (χ2n) is 3.60. The zero-order chi connectivity index (χ0) is 11.3. The molecule has 2 nitrogen and oxygen atoms in total. The summed E-state index contributed by atoms with van der Waals surface area (Å²) in [5.41, 5.74) is 1.03. The molecule has 15 heavy (non-hydrogen) atoms. The highest BCUT2D eigenvalue weighted by Crippen LogP contribution is 2.23. The van der Waals surface area contributed by atoms with Gasteiger partial charge in [0.1, 0.15) is 6.61 Å². The quantitative estimate of drug-likeness (QED) is 0.710. The fourth-order valence-corrected chi connectivity index (χ4v) is 1.20. The van der Waals surface area contributed by atoms with Crippen LogP contribution in [0.15, 0.2) is 18.2 Å². The summed E-state index contributed by atoms with van der Waals surface area (Å²) in [6.45, 7) is 4.30. The summed E-state index contributed by atoms with van der Waals surface area (Å²) in [7, 11) is 0. The number of hydrogen-bond donors (Lipinski definition) is 0. The third-order valence-corrected chi connectivity index (χ3v) is 2.09. The maximum Gasteiger partial charge on any atom is 0.165 e. The molecular weight excluding hydrogens is 193 g/mol. The minimum absolute atomic E-state index is 0.231. The summed E-state index contributed by atoms with van der Waals surface area (Å²) in [6.07, 6.45) is 0.269. The number of halogens is 1. The van der Waals surface area contributed by atoms with E-state index in [1.807, 2.05) is 19.9 Å². The van der Waals surface area contributed by atoms with E-state index in [9.17, 15) is 4.39 Å². The highest BCUT2D eigenvalue weighted by Gasteiger charge is 2.06. The first-order valence-electron chi connectivity index (χ1n) is 4.94. The predicted molar refractivity (Wildman–Crippen MR) is 56.2 cm³/mol. The van der Waals surface area contributed by atoms with Gasteiger partial charge in [0.15, 0.2) is 11.6 Å². The lowest BCUT2D eigenvalue weighted by atomic mass is 10.0. The summed E-state index contributed by atoms with van der Waals surface area (Å²) < 4.78 is 18.4. The molecule has 1 aromatic rings. The minimum atomic E-state index is -0.377. The van der Waals surface area contributed by atoms with Crippen LogP contribution >= 0.6 is 0 Å². The van der Waals surface area contributed by atoms with E-state index in [-0.39, 0.29) is 24.6 Å². The molecule has 80 valence electrons. The van der Waals surface area contributed by atoms with Crippen molar-refractivity contribution in [2.45, 2.75) is 26.2 Å². The van der Waals surface area contributed by atoms with Crippen LogP contribution < -0.4 is 4.74 Å². The van der Waals surface area contributed by atoms with Crippen LogP contribution in [0.5, 0.6) is 5.75 Å². The fraction of sp³-hybridized carbons (Fsp3) is 0.417. The van der Waals surface area contributed by atoms with Gasteiger partial charge in [-0.2, -0.15) is 5.26 Å². The van der Waals surface area contributed by atoms with Crippen LogP contribution in [0.2, 0.25) is 0 Å². The van der Waals surface area contributed by atoms with Crippen molar-refractivity contribution < 1.29 is 9.13 Å². The largest absolute Gasteiger partial charge is 0.489 e. The van der Waals surface area contributed by atoms with Crippen LogP contribution in [0.3, 0.4) is 0 Å². The molecule has 0 radical (unpaired) electrons. The van der Waals surface area contributed by atoms with Gasteiger partial charge in [-0.1, -0.05) is 19.9 Å². The van der Waals surface area contributed by atoms with Gasteiger partial charge in [-0.15, -0.1) is 0 Å². The Morgan fingerprint density at radius 3 is 2.80 bits per heavy atom. The lowest BCUT2D eigenvalue weighted by Gasteiger charge is -2.09.